The lowest BCUT2D eigenvalue weighted by molar-refractivity contribution is 0.477. The van der Waals surface area contributed by atoms with Gasteiger partial charge in [0.1, 0.15) is 11.6 Å². The molecule has 2 aromatic rings. The molecule has 2 rings (SSSR count). The lowest BCUT2D eigenvalue weighted by Gasteiger charge is -2.07. The number of nitrogens with one attached hydrogen (secondary N) is 1. The van der Waals surface area contributed by atoms with Gasteiger partial charge in [-0.3, -0.25) is 0 Å². The second-order valence-corrected chi connectivity index (χ2v) is 3.35. The third-order valence-electron chi connectivity index (χ3n) is 2.14. The number of para-hydroxylation sites is 2. The van der Waals surface area contributed by atoms with Crippen LogP contribution in [-0.4, -0.2) is 14.7 Å². The van der Waals surface area contributed by atoms with E-state index in [1.165, 1.54) is 4.57 Å². The number of benzene rings is 1. The molecule has 5 nitrogen and oxygen atoms in total. The molecule has 0 unspecified atom stereocenters. The fraction of sp³-hybridized carbons (Fsp3) is 0.231. The van der Waals surface area contributed by atoms with E-state index >= 15 is 0 Å². The zero-order chi connectivity index (χ0) is 13.5. The van der Waals surface area contributed by atoms with Crippen LogP contribution in [0.1, 0.15) is 13.8 Å². The van der Waals surface area contributed by atoms with Crippen molar-refractivity contribution in [2.24, 2.45) is 7.05 Å². The standard InChI is InChI=1S/C11H11N3O2.C2H6/c1-14-7-6-10(13-11(14)16)12-8-4-2-3-5-9(8)15;1-2/h2-7,15H,1H3,(H,12,13,16);1-2H3. The Hall–Kier alpha value is -2.30. The Morgan fingerprint density at radius 3 is 2.50 bits per heavy atom. The first-order valence-electron chi connectivity index (χ1n) is 5.75. The van der Waals surface area contributed by atoms with Gasteiger partial charge in [-0.2, -0.15) is 4.98 Å². The summed E-state index contributed by atoms with van der Waals surface area (Å²) in [5.41, 5.74) is 0.170. The number of phenols is 1. The number of anilines is 2. The topological polar surface area (TPSA) is 67.2 Å². The lowest BCUT2D eigenvalue weighted by atomic mass is 10.3. The highest BCUT2D eigenvalue weighted by Crippen LogP contribution is 2.24. The van der Waals surface area contributed by atoms with E-state index in [2.05, 4.69) is 10.3 Å². The van der Waals surface area contributed by atoms with Crippen LogP contribution in [0.3, 0.4) is 0 Å². The SMILES string of the molecule is CC.Cn1ccc(Nc2ccccc2O)nc1=O. The average molecular weight is 247 g/mol. The van der Waals surface area contributed by atoms with E-state index in [4.69, 9.17) is 0 Å². The predicted octanol–water partition coefficient (Wildman–Crippen LogP) is 2.26. The van der Waals surface area contributed by atoms with E-state index < -0.39 is 0 Å². The first-order chi connectivity index (χ1) is 8.66. The van der Waals surface area contributed by atoms with E-state index in [1.54, 1.807) is 43.6 Å². The lowest BCUT2D eigenvalue weighted by Crippen LogP contribution is -2.19. The number of phenolic OH excluding ortho intramolecular Hbond substituents is 1. The number of aromatic hydroxyl groups is 1. The van der Waals surface area contributed by atoms with Gasteiger partial charge in [0.2, 0.25) is 0 Å². The summed E-state index contributed by atoms with van der Waals surface area (Å²) >= 11 is 0. The highest BCUT2D eigenvalue weighted by atomic mass is 16.3. The van der Waals surface area contributed by atoms with Crippen LogP contribution in [0.2, 0.25) is 0 Å². The zero-order valence-corrected chi connectivity index (χ0v) is 10.7. The number of nitrogens with zero attached hydrogens (tertiary/aromatic N) is 2. The smallest absolute Gasteiger partial charge is 0.349 e. The van der Waals surface area contributed by atoms with Crippen LogP contribution in [-0.2, 0) is 7.05 Å². The highest BCUT2D eigenvalue weighted by Gasteiger charge is 2.01. The second kappa shape index (κ2) is 6.44. The summed E-state index contributed by atoms with van der Waals surface area (Å²) in [7, 11) is 1.62. The van der Waals surface area contributed by atoms with Crippen molar-refractivity contribution in [1.29, 1.82) is 0 Å². The third kappa shape index (κ3) is 3.35. The van der Waals surface area contributed by atoms with E-state index in [0.717, 1.165) is 0 Å². The van der Waals surface area contributed by atoms with Crippen LogP contribution < -0.4 is 11.0 Å². The second-order valence-electron chi connectivity index (χ2n) is 3.35. The summed E-state index contributed by atoms with van der Waals surface area (Å²) in [5.74, 6) is 0.523. The van der Waals surface area contributed by atoms with Gasteiger partial charge in [0.25, 0.3) is 0 Å². The molecule has 18 heavy (non-hydrogen) atoms. The van der Waals surface area contributed by atoms with Crippen molar-refractivity contribution >= 4 is 11.5 Å². The van der Waals surface area contributed by atoms with Gasteiger partial charge in [0, 0.05) is 13.2 Å². The van der Waals surface area contributed by atoms with Gasteiger partial charge in [0.05, 0.1) is 5.69 Å². The van der Waals surface area contributed by atoms with E-state index in [9.17, 15) is 9.90 Å². The molecule has 0 fully saturated rings. The van der Waals surface area contributed by atoms with Gasteiger partial charge < -0.3 is 15.0 Å². The minimum absolute atomic E-state index is 0.116. The van der Waals surface area contributed by atoms with Crippen molar-refractivity contribution < 1.29 is 5.11 Å². The number of hydrogen-bond acceptors (Lipinski definition) is 4. The summed E-state index contributed by atoms with van der Waals surface area (Å²) in [6.07, 6.45) is 1.61. The molecule has 0 bridgehead atoms. The molecule has 0 spiro atoms. The van der Waals surface area contributed by atoms with Gasteiger partial charge >= 0.3 is 5.69 Å². The first-order valence-corrected chi connectivity index (χ1v) is 5.75. The van der Waals surface area contributed by atoms with Crippen LogP contribution >= 0.6 is 0 Å². The largest absolute Gasteiger partial charge is 0.506 e. The van der Waals surface area contributed by atoms with Crippen molar-refractivity contribution in [1.82, 2.24) is 9.55 Å². The molecule has 2 N–H and O–H groups in total. The van der Waals surface area contributed by atoms with Gasteiger partial charge in [-0.15, -0.1) is 0 Å². The number of hydrogen-bond donors (Lipinski definition) is 2. The highest BCUT2D eigenvalue weighted by molar-refractivity contribution is 5.62. The molecule has 0 aliphatic carbocycles. The fourth-order valence-corrected chi connectivity index (χ4v) is 1.25. The van der Waals surface area contributed by atoms with Crippen LogP contribution in [0.5, 0.6) is 5.75 Å². The molecular formula is C13H17N3O2. The molecular weight excluding hydrogens is 230 g/mol. The molecule has 1 heterocycles. The van der Waals surface area contributed by atoms with Gasteiger partial charge in [0.15, 0.2) is 0 Å². The third-order valence-corrected chi connectivity index (χ3v) is 2.14. The minimum Gasteiger partial charge on any atom is -0.506 e. The van der Waals surface area contributed by atoms with Gasteiger partial charge in [-0.1, -0.05) is 26.0 Å². The number of aromatic nitrogens is 2. The van der Waals surface area contributed by atoms with E-state index in [-0.39, 0.29) is 11.4 Å². The molecule has 0 aliphatic rings. The van der Waals surface area contributed by atoms with Crippen LogP contribution in [0.15, 0.2) is 41.3 Å². The Morgan fingerprint density at radius 1 is 1.22 bits per heavy atom. The Labute approximate surface area is 106 Å². The number of rotatable bonds is 2. The summed E-state index contributed by atoms with van der Waals surface area (Å²) in [4.78, 5) is 15.1. The normalized spacial score (nSPS) is 9.28. The fourth-order valence-electron chi connectivity index (χ4n) is 1.25. The first kappa shape index (κ1) is 13.8. The molecule has 0 atom stereocenters. The summed E-state index contributed by atoms with van der Waals surface area (Å²) < 4.78 is 1.37. The van der Waals surface area contributed by atoms with E-state index in [0.29, 0.717) is 11.5 Å². The molecule has 1 aromatic heterocycles. The van der Waals surface area contributed by atoms with Crippen molar-refractivity contribution in [3.8, 4) is 5.75 Å². The van der Waals surface area contributed by atoms with E-state index in [1.807, 2.05) is 13.8 Å². The molecule has 0 radical (unpaired) electrons. The quantitative estimate of drug-likeness (QED) is 0.799. The van der Waals surface area contributed by atoms with Crippen LogP contribution in [0.25, 0.3) is 0 Å². The Balaban J connectivity index is 0.000000771. The maximum atomic E-state index is 11.3. The van der Waals surface area contributed by atoms with Gasteiger partial charge in [-0.25, -0.2) is 4.79 Å². The van der Waals surface area contributed by atoms with Crippen molar-refractivity contribution in [2.45, 2.75) is 13.8 Å². The Morgan fingerprint density at radius 2 is 1.89 bits per heavy atom. The summed E-state index contributed by atoms with van der Waals surface area (Å²) in [5, 5.41) is 12.4. The molecule has 1 aromatic carbocycles. The molecule has 0 amide bonds. The van der Waals surface area contributed by atoms with Crippen LogP contribution in [0.4, 0.5) is 11.5 Å². The summed E-state index contributed by atoms with van der Waals surface area (Å²) in [6, 6.07) is 8.42. The Bertz CT molecular complexity index is 564. The molecule has 96 valence electrons. The number of aryl methyl sites for hydroxylation is 1. The van der Waals surface area contributed by atoms with Crippen molar-refractivity contribution in [3.05, 3.63) is 47.0 Å². The molecule has 5 heteroatoms. The minimum atomic E-state index is -0.347. The van der Waals surface area contributed by atoms with Crippen LogP contribution in [0, 0.1) is 0 Å². The van der Waals surface area contributed by atoms with Gasteiger partial charge in [-0.05, 0) is 18.2 Å². The maximum Gasteiger partial charge on any atom is 0.349 e. The van der Waals surface area contributed by atoms with Crippen molar-refractivity contribution in [3.63, 3.8) is 0 Å². The summed E-state index contributed by atoms with van der Waals surface area (Å²) in [6.45, 7) is 4.00. The molecule has 0 saturated carbocycles. The van der Waals surface area contributed by atoms with Crippen molar-refractivity contribution in [2.75, 3.05) is 5.32 Å². The zero-order valence-electron chi connectivity index (χ0n) is 10.7. The molecule has 0 saturated heterocycles. The predicted molar refractivity (Wildman–Crippen MR) is 72.2 cm³/mol. The maximum absolute atomic E-state index is 11.3. The average Bonchev–Trinajstić information content (AvgIpc) is 2.39. The Kier molecular flexibility index (Phi) is 4.92. The monoisotopic (exact) mass is 247 g/mol. The molecule has 0 aliphatic heterocycles.